The summed E-state index contributed by atoms with van der Waals surface area (Å²) < 4.78 is 5.93. The minimum absolute atomic E-state index is 0.0251. The Labute approximate surface area is 135 Å². The van der Waals surface area contributed by atoms with E-state index in [4.69, 9.17) is 10.00 Å². The second kappa shape index (κ2) is 6.67. The molecule has 0 atom stereocenters. The Morgan fingerprint density at radius 3 is 2.39 bits per heavy atom. The number of phenols is 1. The predicted molar refractivity (Wildman–Crippen MR) is 89.0 cm³/mol. The Morgan fingerprint density at radius 1 is 0.913 bits per heavy atom. The Kier molecular flexibility index (Phi) is 4.26. The molecule has 3 rings (SSSR count). The third kappa shape index (κ3) is 3.33. The number of ether oxygens (including phenoxy) is 1. The van der Waals surface area contributed by atoms with Gasteiger partial charge in [-0.1, -0.05) is 54.6 Å². The summed E-state index contributed by atoms with van der Waals surface area (Å²) in [6, 6.07) is 24.6. The molecule has 112 valence electrons. The third-order valence-corrected chi connectivity index (χ3v) is 3.55. The second-order valence-electron chi connectivity index (χ2n) is 5.11. The van der Waals surface area contributed by atoms with Crippen molar-refractivity contribution in [1.82, 2.24) is 0 Å². The summed E-state index contributed by atoms with van der Waals surface area (Å²) in [5.74, 6) is 0.711. The molecule has 3 aromatic rings. The summed E-state index contributed by atoms with van der Waals surface area (Å²) in [6.07, 6.45) is 0. The molecule has 3 nitrogen and oxygen atoms in total. The van der Waals surface area contributed by atoms with Gasteiger partial charge in [-0.15, -0.1) is 0 Å². The van der Waals surface area contributed by atoms with Crippen LogP contribution in [-0.2, 0) is 6.61 Å². The highest BCUT2D eigenvalue weighted by Gasteiger charge is 2.09. The molecule has 3 heteroatoms. The lowest BCUT2D eigenvalue weighted by Crippen LogP contribution is -1.96. The number of hydrogen-bond donors (Lipinski definition) is 1. The number of phenolic OH excluding ortho intramolecular Hbond substituents is 1. The van der Waals surface area contributed by atoms with Gasteiger partial charge in [0.15, 0.2) is 0 Å². The fourth-order valence-corrected chi connectivity index (χ4v) is 2.36. The van der Waals surface area contributed by atoms with Crippen LogP contribution in [0.3, 0.4) is 0 Å². The van der Waals surface area contributed by atoms with Crippen LogP contribution in [0.1, 0.15) is 11.1 Å². The molecular weight excluding hydrogens is 286 g/mol. The lowest BCUT2D eigenvalue weighted by molar-refractivity contribution is 0.307. The van der Waals surface area contributed by atoms with E-state index < -0.39 is 0 Å². The zero-order valence-corrected chi connectivity index (χ0v) is 12.4. The van der Waals surface area contributed by atoms with Crippen molar-refractivity contribution in [3.8, 4) is 28.7 Å². The van der Waals surface area contributed by atoms with Crippen molar-refractivity contribution in [2.45, 2.75) is 6.61 Å². The topological polar surface area (TPSA) is 53.2 Å². The minimum atomic E-state index is -0.0251. The molecule has 3 aromatic carbocycles. The van der Waals surface area contributed by atoms with Crippen LogP contribution >= 0.6 is 0 Å². The number of benzene rings is 3. The molecule has 0 bridgehead atoms. The molecule has 0 unspecified atom stereocenters. The molecule has 0 aliphatic rings. The normalized spacial score (nSPS) is 10.0. The maximum absolute atomic E-state index is 9.89. The van der Waals surface area contributed by atoms with E-state index in [9.17, 15) is 5.11 Å². The van der Waals surface area contributed by atoms with Gasteiger partial charge in [-0.25, -0.2) is 0 Å². The van der Waals surface area contributed by atoms with Crippen LogP contribution in [0.25, 0.3) is 11.1 Å². The van der Waals surface area contributed by atoms with Gasteiger partial charge in [-0.3, -0.25) is 0 Å². The quantitative estimate of drug-likeness (QED) is 0.771. The predicted octanol–water partition coefficient (Wildman–Crippen LogP) is 4.51. The number of aromatic hydroxyl groups is 1. The van der Waals surface area contributed by atoms with Crippen LogP contribution in [0.2, 0.25) is 0 Å². The zero-order valence-electron chi connectivity index (χ0n) is 12.4. The van der Waals surface area contributed by atoms with E-state index in [0.717, 1.165) is 22.4 Å². The highest BCUT2D eigenvalue weighted by Crippen LogP contribution is 2.33. The molecule has 0 aliphatic heterocycles. The fourth-order valence-electron chi connectivity index (χ4n) is 2.36. The number of nitriles is 1. The number of nitrogens with zero attached hydrogens (tertiary/aromatic N) is 1. The molecule has 0 aromatic heterocycles. The molecular formula is C20H15NO2. The number of para-hydroxylation sites is 1. The van der Waals surface area contributed by atoms with E-state index in [-0.39, 0.29) is 11.3 Å². The van der Waals surface area contributed by atoms with E-state index in [1.165, 1.54) is 0 Å². The third-order valence-electron chi connectivity index (χ3n) is 3.55. The van der Waals surface area contributed by atoms with E-state index in [0.29, 0.717) is 6.61 Å². The molecule has 0 fully saturated rings. The van der Waals surface area contributed by atoms with Crippen molar-refractivity contribution in [3.05, 3.63) is 83.9 Å². The Bertz CT molecular complexity index is 851. The Balaban J connectivity index is 1.89. The molecule has 0 heterocycles. The first-order chi connectivity index (χ1) is 11.3. The monoisotopic (exact) mass is 301 g/mol. The first kappa shape index (κ1) is 14.7. The van der Waals surface area contributed by atoms with Gasteiger partial charge in [0.1, 0.15) is 24.2 Å². The smallest absolute Gasteiger partial charge is 0.133 e. The van der Waals surface area contributed by atoms with Crippen LogP contribution in [0.4, 0.5) is 0 Å². The number of hydrogen-bond acceptors (Lipinski definition) is 3. The van der Waals surface area contributed by atoms with Gasteiger partial charge in [0, 0.05) is 5.56 Å². The van der Waals surface area contributed by atoms with Gasteiger partial charge in [-0.2, -0.15) is 5.26 Å². The van der Waals surface area contributed by atoms with Crippen LogP contribution in [0.15, 0.2) is 72.8 Å². The van der Waals surface area contributed by atoms with Crippen molar-refractivity contribution in [1.29, 1.82) is 5.26 Å². The Hall–Kier alpha value is -3.25. The number of rotatable bonds is 4. The van der Waals surface area contributed by atoms with Gasteiger partial charge >= 0.3 is 0 Å². The lowest BCUT2D eigenvalue weighted by atomic mass is 10.0. The lowest BCUT2D eigenvalue weighted by Gasteiger charge is -2.12. The van der Waals surface area contributed by atoms with E-state index in [2.05, 4.69) is 0 Å². The van der Waals surface area contributed by atoms with Gasteiger partial charge < -0.3 is 9.84 Å². The molecule has 0 radical (unpaired) electrons. The highest BCUT2D eigenvalue weighted by atomic mass is 16.5. The summed E-state index contributed by atoms with van der Waals surface area (Å²) in [5, 5.41) is 18.8. The van der Waals surface area contributed by atoms with E-state index >= 15 is 0 Å². The van der Waals surface area contributed by atoms with Gasteiger partial charge in [0.2, 0.25) is 0 Å². The first-order valence-electron chi connectivity index (χ1n) is 7.27. The molecule has 0 spiro atoms. The fraction of sp³-hybridized carbons (Fsp3) is 0.0500. The molecule has 1 N–H and O–H groups in total. The first-order valence-corrected chi connectivity index (χ1v) is 7.27. The molecule has 0 amide bonds. The highest BCUT2D eigenvalue weighted by molar-refractivity contribution is 5.72. The van der Waals surface area contributed by atoms with Crippen LogP contribution in [0, 0.1) is 11.3 Å². The summed E-state index contributed by atoms with van der Waals surface area (Å²) in [4.78, 5) is 0. The minimum Gasteiger partial charge on any atom is -0.507 e. The molecule has 0 aliphatic carbocycles. The molecule has 0 saturated carbocycles. The Morgan fingerprint density at radius 2 is 1.65 bits per heavy atom. The average Bonchev–Trinajstić information content (AvgIpc) is 2.61. The maximum Gasteiger partial charge on any atom is 0.133 e. The van der Waals surface area contributed by atoms with Crippen molar-refractivity contribution in [3.63, 3.8) is 0 Å². The van der Waals surface area contributed by atoms with Crippen LogP contribution in [0.5, 0.6) is 11.5 Å². The second-order valence-corrected chi connectivity index (χ2v) is 5.11. The largest absolute Gasteiger partial charge is 0.507 e. The maximum atomic E-state index is 9.89. The van der Waals surface area contributed by atoms with Gasteiger partial charge in [0.25, 0.3) is 0 Å². The summed E-state index contributed by atoms with van der Waals surface area (Å²) in [7, 11) is 0. The SMILES string of the molecule is N#Cc1ccc(-c2ccccc2OCc2ccccc2)cc1O. The van der Waals surface area contributed by atoms with Crippen molar-refractivity contribution in [2.24, 2.45) is 0 Å². The summed E-state index contributed by atoms with van der Waals surface area (Å²) in [6.45, 7) is 0.472. The van der Waals surface area contributed by atoms with Crippen molar-refractivity contribution >= 4 is 0 Å². The average molecular weight is 301 g/mol. The van der Waals surface area contributed by atoms with Crippen LogP contribution < -0.4 is 4.74 Å². The van der Waals surface area contributed by atoms with E-state index in [1.54, 1.807) is 12.1 Å². The summed E-state index contributed by atoms with van der Waals surface area (Å²) >= 11 is 0. The standard InChI is InChI=1S/C20H15NO2/c21-13-17-11-10-16(12-19(17)22)18-8-4-5-9-20(18)23-14-15-6-2-1-3-7-15/h1-12,22H,14H2. The molecule has 0 saturated heterocycles. The van der Waals surface area contributed by atoms with Crippen LogP contribution in [-0.4, -0.2) is 5.11 Å². The summed E-state index contributed by atoms with van der Waals surface area (Å²) in [5.41, 5.74) is 3.04. The van der Waals surface area contributed by atoms with E-state index in [1.807, 2.05) is 66.7 Å². The van der Waals surface area contributed by atoms with Gasteiger partial charge in [-0.05, 0) is 29.3 Å². The zero-order chi connectivity index (χ0) is 16.1. The van der Waals surface area contributed by atoms with Crippen molar-refractivity contribution in [2.75, 3.05) is 0 Å². The molecule has 23 heavy (non-hydrogen) atoms. The van der Waals surface area contributed by atoms with Gasteiger partial charge in [0.05, 0.1) is 5.56 Å². The van der Waals surface area contributed by atoms with Crippen molar-refractivity contribution < 1.29 is 9.84 Å².